The fourth-order valence-corrected chi connectivity index (χ4v) is 4.40. The molecule has 0 aliphatic carbocycles. The highest BCUT2D eigenvalue weighted by atomic mass is 32.2. The number of carbonyl (C=O) groups excluding carboxylic acids is 1. The van der Waals surface area contributed by atoms with Gasteiger partial charge in [0.1, 0.15) is 18.1 Å². The van der Waals surface area contributed by atoms with E-state index in [4.69, 9.17) is 9.47 Å². The Morgan fingerprint density at radius 3 is 2.43 bits per heavy atom. The first-order chi connectivity index (χ1) is 14.4. The molecule has 30 heavy (non-hydrogen) atoms. The zero-order chi connectivity index (χ0) is 21.6. The van der Waals surface area contributed by atoms with Gasteiger partial charge < -0.3 is 14.4 Å². The maximum Gasteiger partial charge on any atom is 0.257 e. The molecule has 0 spiro atoms. The number of likely N-dealkylation sites (tertiary alicyclic amines) is 1. The molecule has 1 heterocycles. The standard InChI is InChI=1S/C22H28N2O5S/c1-3-17-6-8-18(9-7-17)29-15-12-23-30(26,27)19-10-11-21(28-2)20(16-19)22(25)24-13-4-5-14-24/h6-11,16,23H,3-5,12-15H2,1-2H3. The fraction of sp³-hybridized carbons (Fsp3) is 0.409. The fourth-order valence-electron chi connectivity index (χ4n) is 3.36. The van der Waals surface area contributed by atoms with Gasteiger partial charge in [-0.05, 0) is 55.2 Å². The van der Waals surface area contributed by atoms with Crippen molar-refractivity contribution in [2.24, 2.45) is 0 Å². The molecule has 3 rings (SSSR count). The average Bonchev–Trinajstić information content (AvgIpc) is 3.31. The summed E-state index contributed by atoms with van der Waals surface area (Å²) in [6, 6.07) is 12.0. The molecule has 162 valence electrons. The Balaban J connectivity index is 1.64. The van der Waals surface area contributed by atoms with E-state index in [9.17, 15) is 13.2 Å². The summed E-state index contributed by atoms with van der Waals surface area (Å²) in [6.45, 7) is 3.73. The van der Waals surface area contributed by atoms with Crippen LogP contribution in [0.25, 0.3) is 0 Å². The number of benzene rings is 2. The lowest BCUT2D eigenvalue weighted by molar-refractivity contribution is 0.0789. The molecule has 0 bridgehead atoms. The van der Waals surface area contributed by atoms with Crippen molar-refractivity contribution in [3.63, 3.8) is 0 Å². The van der Waals surface area contributed by atoms with Crippen molar-refractivity contribution in [3.05, 3.63) is 53.6 Å². The van der Waals surface area contributed by atoms with E-state index < -0.39 is 10.0 Å². The van der Waals surface area contributed by atoms with Crippen molar-refractivity contribution in [1.82, 2.24) is 9.62 Å². The Morgan fingerprint density at radius 2 is 1.80 bits per heavy atom. The second kappa shape index (κ2) is 9.95. The van der Waals surface area contributed by atoms with E-state index in [0.29, 0.717) is 24.6 Å². The van der Waals surface area contributed by atoms with Crippen LogP contribution in [-0.2, 0) is 16.4 Å². The SMILES string of the molecule is CCc1ccc(OCCNS(=O)(=O)c2ccc(OC)c(C(=O)N3CCCC3)c2)cc1. The lowest BCUT2D eigenvalue weighted by atomic mass is 10.1. The number of amides is 1. The molecule has 1 saturated heterocycles. The van der Waals surface area contributed by atoms with E-state index in [1.54, 1.807) is 4.90 Å². The molecule has 8 heteroatoms. The highest BCUT2D eigenvalue weighted by molar-refractivity contribution is 7.89. The van der Waals surface area contributed by atoms with Gasteiger partial charge in [0.05, 0.1) is 17.6 Å². The van der Waals surface area contributed by atoms with Gasteiger partial charge in [0.15, 0.2) is 0 Å². The van der Waals surface area contributed by atoms with Gasteiger partial charge in [0.2, 0.25) is 10.0 Å². The minimum absolute atomic E-state index is 0.0261. The second-order valence-electron chi connectivity index (χ2n) is 7.11. The Labute approximate surface area is 178 Å². The van der Waals surface area contributed by atoms with Crippen molar-refractivity contribution in [2.75, 3.05) is 33.4 Å². The van der Waals surface area contributed by atoms with E-state index in [1.165, 1.54) is 30.9 Å². The van der Waals surface area contributed by atoms with Gasteiger partial charge in [-0.25, -0.2) is 13.1 Å². The van der Waals surface area contributed by atoms with Crippen LogP contribution in [0, 0.1) is 0 Å². The third-order valence-corrected chi connectivity index (χ3v) is 6.56. The smallest absolute Gasteiger partial charge is 0.257 e. The minimum atomic E-state index is -3.79. The summed E-state index contributed by atoms with van der Waals surface area (Å²) >= 11 is 0. The van der Waals surface area contributed by atoms with Gasteiger partial charge in [-0.15, -0.1) is 0 Å². The van der Waals surface area contributed by atoms with Crippen LogP contribution in [0.15, 0.2) is 47.4 Å². The number of methoxy groups -OCH3 is 1. The van der Waals surface area contributed by atoms with Gasteiger partial charge in [0, 0.05) is 19.6 Å². The molecule has 0 saturated carbocycles. The molecule has 2 aromatic carbocycles. The number of ether oxygens (including phenoxy) is 2. The Kier molecular flexibility index (Phi) is 7.33. The van der Waals surface area contributed by atoms with E-state index in [1.807, 2.05) is 24.3 Å². The molecule has 1 fully saturated rings. The van der Waals surface area contributed by atoms with Gasteiger partial charge in [-0.3, -0.25) is 4.79 Å². The monoisotopic (exact) mass is 432 g/mol. The Bertz CT molecular complexity index is 968. The molecule has 1 aliphatic heterocycles. The van der Waals surface area contributed by atoms with E-state index >= 15 is 0 Å². The van der Waals surface area contributed by atoms with E-state index in [0.717, 1.165) is 19.3 Å². The van der Waals surface area contributed by atoms with Crippen LogP contribution >= 0.6 is 0 Å². The molecule has 1 aliphatic rings. The third kappa shape index (κ3) is 5.31. The molecule has 7 nitrogen and oxygen atoms in total. The maximum atomic E-state index is 12.8. The van der Waals surface area contributed by atoms with Crippen molar-refractivity contribution >= 4 is 15.9 Å². The van der Waals surface area contributed by atoms with Crippen LogP contribution < -0.4 is 14.2 Å². The van der Waals surface area contributed by atoms with E-state index in [2.05, 4.69) is 11.6 Å². The van der Waals surface area contributed by atoms with Crippen molar-refractivity contribution < 1.29 is 22.7 Å². The summed E-state index contributed by atoms with van der Waals surface area (Å²) in [6.07, 6.45) is 2.85. The number of sulfonamides is 1. The van der Waals surface area contributed by atoms with Crippen LogP contribution in [0.4, 0.5) is 0 Å². The molecule has 1 amide bonds. The predicted molar refractivity (Wildman–Crippen MR) is 115 cm³/mol. The number of nitrogens with zero attached hydrogens (tertiary/aromatic N) is 1. The molecular formula is C22H28N2O5S. The second-order valence-corrected chi connectivity index (χ2v) is 8.87. The Morgan fingerprint density at radius 1 is 1.10 bits per heavy atom. The normalized spacial score (nSPS) is 14.0. The molecule has 1 N–H and O–H groups in total. The zero-order valence-corrected chi connectivity index (χ0v) is 18.2. The highest BCUT2D eigenvalue weighted by Gasteiger charge is 2.25. The van der Waals surface area contributed by atoms with Crippen LogP contribution in [0.3, 0.4) is 0 Å². The minimum Gasteiger partial charge on any atom is -0.496 e. The maximum absolute atomic E-state index is 12.8. The number of hydrogen-bond acceptors (Lipinski definition) is 5. The molecule has 0 unspecified atom stereocenters. The number of nitrogens with one attached hydrogen (secondary N) is 1. The largest absolute Gasteiger partial charge is 0.496 e. The quantitative estimate of drug-likeness (QED) is 0.616. The van der Waals surface area contributed by atoms with Crippen LogP contribution in [0.5, 0.6) is 11.5 Å². The first-order valence-corrected chi connectivity index (χ1v) is 11.6. The number of carbonyl (C=O) groups is 1. The first kappa shape index (κ1) is 22.1. The molecule has 0 atom stereocenters. The van der Waals surface area contributed by atoms with Crippen LogP contribution in [0.2, 0.25) is 0 Å². The summed E-state index contributed by atoms with van der Waals surface area (Å²) in [5.74, 6) is 0.847. The topological polar surface area (TPSA) is 84.9 Å². The summed E-state index contributed by atoms with van der Waals surface area (Å²) in [4.78, 5) is 14.5. The summed E-state index contributed by atoms with van der Waals surface area (Å²) in [5, 5.41) is 0. The van der Waals surface area contributed by atoms with Crippen molar-refractivity contribution in [1.29, 1.82) is 0 Å². The molecular weight excluding hydrogens is 404 g/mol. The Hall–Kier alpha value is -2.58. The summed E-state index contributed by atoms with van der Waals surface area (Å²) < 4.78 is 38.8. The summed E-state index contributed by atoms with van der Waals surface area (Å²) in [7, 11) is -2.32. The lowest BCUT2D eigenvalue weighted by Gasteiger charge is -2.18. The number of hydrogen-bond donors (Lipinski definition) is 1. The average molecular weight is 433 g/mol. The van der Waals surface area contributed by atoms with E-state index in [-0.39, 0.29) is 29.5 Å². The zero-order valence-electron chi connectivity index (χ0n) is 17.4. The van der Waals surface area contributed by atoms with Gasteiger partial charge in [0.25, 0.3) is 5.91 Å². The molecule has 0 radical (unpaired) electrons. The van der Waals surface area contributed by atoms with Crippen molar-refractivity contribution in [3.8, 4) is 11.5 Å². The lowest BCUT2D eigenvalue weighted by Crippen LogP contribution is -2.30. The summed E-state index contributed by atoms with van der Waals surface area (Å²) in [5.41, 5.74) is 1.47. The number of rotatable bonds is 9. The van der Waals surface area contributed by atoms with Gasteiger partial charge >= 0.3 is 0 Å². The highest BCUT2D eigenvalue weighted by Crippen LogP contribution is 2.25. The van der Waals surface area contributed by atoms with Crippen LogP contribution in [0.1, 0.15) is 35.7 Å². The van der Waals surface area contributed by atoms with Crippen LogP contribution in [-0.4, -0.2) is 52.6 Å². The predicted octanol–water partition coefficient (Wildman–Crippen LogP) is 2.85. The third-order valence-electron chi connectivity index (χ3n) is 5.10. The molecule has 2 aromatic rings. The van der Waals surface area contributed by atoms with Gasteiger partial charge in [-0.1, -0.05) is 19.1 Å². The van der Waals surface area contributed by atoms with Gasteiger partial charge in [-0.2, -0.15) is 0 Å². The number of aryl methyl sites for hydroxylation is 1. The first-order valence-electron chi connectivity index (χ1n) is 10.1. The van der Waals surface area contributed by atoms with Crippen molar-refractivity contribution in [2.45, 2.75) is 31.1 Å². The molecule has 0 aromatic heterocycles.